The van der Waals surface area contributed by atoms with Crippen molar-refractivity contribution < 1.29 is 42.6 Å². The predicted octanol–water partition coefficient (Wildman–Crippen LogP) is 4.82. The van der Waals surface area contributed by atoms with E-state index in [1.807, 2.05) is 33.7 Å². The summed E-state index contributed by atoms with van der Waals surface area (Å²) < 4.78 is 39.2. The number of carbonyl (C=O) groups excluding carboxylic acids is 5. The van der Waals surface area contributed by atoms with Crippen LogP contribution in [0.5, 0.6) is 5.75 Å². The summed E-state index contributed by atoms with van der Waals surface area (Å²) in [7, 11) is 0. The molecule has 1 spiro atoms. The molecule has 2 bridgehead atoms. The second kappa shape index (κ2) is 15.7. The summed E-state index contributed by atoms with van der Waals surface area (Å²) >= 11 is 1.27. The Labute approximate surface area is 392 Å². The van der Waals surface area contributed by atoms with Crippen molar-refractivity contribution in [3.05, 3.63) is 107 Å². The van der Waals surface area contributed by atoms with E-state index in [9.17, 15) is 29.1 Å². The van der Waals surface area contributed by atoms with Crippen LogP contribution in [0.2, 0.25) is 0 Å². The largest absolute Gasteiger partial charge is 0.477 e. The summed E-state index contributed by atoms with van der Waals surface area (Å²) in [5.74, 6) is -2.89. The van der Waals surface area contributed by atoms with E-state index in [-0.39, 0.29) is 65.8 Å². The van der Waals surface area contributed by atoms with E-state index in [0.29, 0.717) is 61.1 Å². The van der Waals surface area contributed by atoms with E-state index < -0.39 is 46.6 Å². The summed E-state index contributed by atoms with van der Waals surface area (Å²) in [6, 6.07) is 14.3. The fourth-order valence-electron chi connectivity index (χ4n) is 11.4. The first-order valence-corrected chi connectivity index (χ1v) is 24.0. The first-order valence-electron chi connectivity index (χ1n) is 23.1. The molecule has 1 aliphatic carbocycles. The van der Waals surface area contributed by atoms with Crippen LogP contribution in [-0.4, -0.2) is 109 Å². The number of hydrogen-bond acceptors (Lipinski definition) is 12. The number of benzene rings is 3. The molecule has 5 saturated heterocycles. The fraction of sp³-hybridized carbons (Fsp3) is 0.408. The second-order valence-corrected chi connectivity index (χ2v) is 20.6. The van der Waals surface area contributed by atoms with Gasteiger partial charge in [-0.3, -0.25) is 34.6 Å². The number of fused-ring (bicyclic) bond motifs is 4. The molecule has 19 heteroatoms. The Morgan fingerprint density at radius 2 is 1.71 bits per heavy atom. The van der Waals surface area contributed by atoms with Crippen LogP contribution in [-0.2, 0) is 38.7 Å². The van der Waals surface area contributed by atoms with Gasteiger partial charge in [0.1, 0.15) is 17.4 Å². The Hall–Kier alpha value is -6.73. The Morgan fingerprint density at radius 1 is 0.926 bits per heavy atom. The Kier molecular flexibility index (Phi) is 9.81. The molecular formula is C49H47F2N9O7S. The predicted molar refractivity (Wildman–Crippen MR) is 244 cm³/mol. The zero-order chi connectivity index (χ0) is 46.7. The minimum absolute atomic E-state index is 0.00650. The number of imidazole rings is 1. The zero-order valence-corrected chi connectivity index (χ0v) is 37.7. The van der Waals surface area contributed by atoms with E-state index >= 15 is 8.78 Å². The van der Waals surface area contributed by atoms with Crippen molar-refractivity contribution in [2.45, 2.75) is 75.3 Å². The van der Waals surface area contributed by atoms with Gasteiger partial charge in [-0.15, -0.1) is 11.3 Å². The van der Waals surface area contributed by atoms with Gasteiger partial charge in [0.25, 0.3) is 17.7 Å². The summed E-state index contributed by atoms with van der Waals surface area (Å²) in [4.78, 5) is 81.7. The van der Waals surface area contributed by atoms with E-state index in [1.165, 1.54) is 28.4 Å². The van der Waals surface area contributed by atoms with Crippen LogP contribution in [0.1, 0.15) is 71.9 Å². The van der Waals surface area contributed by atoms with Gasteiger partial charge in [-0.1, -0.05) is 12.1 Å². The quantitative estimate of drug-likeness (QED) is 0.155. The third kappa shape index (κ3) is 7.11. The number of piperidine rings is 3. The van der Waals surface area contributed by atoms with Crippen LogP contribution in [0.15, 0.2) is 72.5 Å². The molecule has 0 radical (unpaired) electrons. The molecule has 13 rings (SSSR count). The number of amides is 5. The Morgan fingerprint density at radius 3 is 2.43 bits per heavy atom. The van der Waals surface area contributed by atoms with Gasteiger partial charge < -0.3 is 34.0 Å². The number of aromatic nitrogens is 3. The van der Waals surface area contributed by atoms with Crippen LogP contribution in [0.3, 0.4) is 0 Å². The lowest BCUT2D eigenvalue weighted by Gasteiger charge is -2.61. The first-order chi connectivity index (χ1) is 32.7. The molecular weight excluding hydrogens is 897 g/mol. The van der Waals surface area contributed by atoms with Crippen LogP contribution in [0.4, 0.5) is 25.3 Å². The summed E-state index contributed by atoms with van der Waals surface area (Å²) in [5, 5.41) is 18.7. The van der Waals surface area contributed by atoms with Crippen molar-refractivity contribution in [3.63, 3.8) is 0 Å². The molecule has 16 nitrogen and oxygen atoms in total. The average Bonchev–Trinajstić information content (AvgIpc) is 4.09. The van der Waals surface area contributed by atoms with E-state index in [1.54, 1.807) is 41.0 Å². The van der Waals surface area contributed by atoms with Crippen molar-refractivity contribution in [3.8, 4) is 16.9 Å². The number of imide groups is 1. The summed E-state index contributed by atoms with van der Waals surface area (Å²) in [6.45, 7) is 4.13. The third-order valence-electron chi connectivity index (χ3n) is 15.2. The Balaban J connectivity index is 0.637. The monoisotopic (exact) mass is 943 g/mol. The number of hydrogen-bond donors (Lipinski definition) is 3. The van der Waals surface area contributed by atoms with Crippen molar-refractivity contribution in [2.24, 2.45) is 11.3 Å². The van der Waals surface area contributed by atoms with Gasteiger partial charge in [-0.2, -0.15) is 0 Å². The maximum absolute atomic E-state index is 16.0. The average molecular weight is 944 g/mol. The Bertz CT molecular complexity index is 2920. The van der Waals surface area contributed by atoms with E-state index in [4.69, 9.17) is 4.74 Å². The number of thiazole rings is 1. The lowest BCUT2D eigenvalue weighted by atomic mass is 9.66. The number of aryl methyl sites for hydroxylation is 1. The smallest absolute Gasteiger partial charge is 0.270 e. The molecule has 5 amide bonds. The number of aliphatic hydroxyl groups is 1. The summed E-state index contributed by atoms with van der Waals surface area (Å²) in [6.07, 6.45) is 6.06. The topological polar surface area (TPSA) is 183 Å². The number of nitrogens with zero attached hydrogens (tertiary/aromatic N) is 7. The van der Waals surface area contributed by atoms with Gasteiger partial charge >= 0.3 is 0 Å². The van der Waals surface area contributed by atoms with Crippen LogP contribution >= 0.6 is 11.3 Å². The number of anilines is 3. The molecule has 9 heterocycles. The van der Waals surface area contributed by atoms with E-state index in [2.05, 4.69) is 25.5 Å². The van der Waals surface area contributed by atoms with Crippen LogP contribution in [0.25, 0.3) is 11.1 Å². The van der Waals surface area contributed by atoms with Crippen LogP contribution < -0.4 is 25.2 Å². The lowest BCUT2D eigenvalue weighted by Crippen LogP contribution is -2.73. The van der Waals surface area contributed by atoms with Crippen LogP contribution in [0, 0.1) is 23.0 Å². The molecule has 2 aromatic heterocycles. The number of likely N-dealkylation sites (tertiary alicyclic amines) is 1. The molecule has 350 valence electrons. The maximum atomic E-state index is 16.0. The SMILES string of the molecule is O=C1NC(=O)C2(Oc3ccc(N4CCC(O)(CC(=O)N5CC6(C5)CN(c5ccc(-c7cc(F)c8c(c7)C(=O)N(C(C(=O)Nc7nccs7)c7ncn9c7CCC9)C8)cc5)C6)CC4)c(F)c3)CC1C2. The van der Waals surface area contributed by atoms with Gasteiger partial charge in [0.15, 0.2) is 16.8 Å². The molecule has 1 atom stereocenters. The standard InChI is InChI=1S/C49H47F2N9O7S/c50-35-17-29(16-33-34(35)22-60(44(33)64)41(43(63)55-46-52-11-15-68-46)40-38-2-1-12-57(38)27-53-40)28-3-5-31(6-4-28)58-23-47(24-58)25-59(26-47)39(61)21-48(66)9-13-56(14-10-48)37-8-7-32(18-36(37)51)67-49-19-30(20-49)42(62)54-45(49)65/h3-8,11,15-18,27,30,41,66H,1-2,9-10,12-14,19-26H2,(H,52,55,63)(H,54,62,65). The molecule has 7 aliphatic heterocycles. The first kappa shape index (κ1) is 42.6. The molecule has 5 aromatic rings. The van der Waals surface area contributed by atoms with Gasteiger partial charge in [-0.25, -0.2) is 18.7 Å². The highest BCUT2D eigenvalue weighted by molar-refractivity contribution is 7.13. The zero-order valence-electron chi connectivity index (χ0n) is 36.9. The fourth-order valence-corrected chi connectivity index (χ4v) is 12.0. The number of nitrogens with one attached hydrogen (secondary N) is 2. The van der Waals surface area contributed by atoms with Gasteiger partial charge in [0.05, 0.1) is 36.3 Å². The minimum atomic E-state index is -1.20. The highest BCUT2D eigenvalue weighted by Gasteiger charge is 2.60. The molecule has 1 saturated carbocycles. The van der Waals surface area contributed by atoms with Crippen molar-refractivity contribution in [1.82, 2.24) is 29.7 Å². The lowest BCUT2D eigenvalue weighted by molar-refractivity contribution is -0.168. The number of rotatable bonds is 11. The number of ether oxygens (including phenoxy) is 1. The van der Waals surface area contributed by atoms with Crippen molar-refractivity contribution in [1.29, 1.82) is 0 Å². The molecule has 8 aliphatic rings. The maximum Gasteiger partial charge on any atom is 0.270 e. The summed E-state index contributed by atoms with van der Waals surface area (Å²) in [5.41, 5.74) is 2.08. The molecule has 6 fully saturated rings. The van der Waals surface area contributed by atoms with Gasteiger partial charge in [-0.05, 0) is 73.2 Å². The van der Waals surface area contributed by atoms with Crippen molar-refractivity contribution in [2.75, 3.05) is 54.4 Å². The van der Waals surface area contributed by atoms with Crippen molar-refractivity contribution >= 4 is 57.4 Å². The normalized spacial score (nSPS) is 23.3. The minimum Gasteiger partial charge on any atom is -0.477 e. The van der Waals surface area contributed by atoms with E-state index in [0.717, 1.165) is 49.4 Å². The van der Waals surface area contributed by atoms with Gasteiger partial charge in [0, 0.05) is 110 Å². The number of halogens is 2. The molecule has 3 N–H and O–H groups in total. The van der Waals surface area contributed by atoms with Gasteiger partial charge in [0.2, 0.25) is 11.8 Å². The second-order valence-electron chi connectivity index (χ2n) is 19.7. The number of carbonyl (C=O) groups is 5. The third-order valence-corrected chi connectivity index (χ3v) is 15.9. The molecule has 3 aromatic carbocycles. The highest BCUT2D eigenvalue weighted by atomic mass is 32.1. The molecule has 1 unspecified atom stereocenters. The highest BCUT2D eigenvalue weighted by Crippen LogP contribution is 2.47. The molecule has 68 heavy (non-hydrogen) atoms.